The van der Waals surface area contributed by atoms with Crippen molar-refractivity contribution in [1.82, 2.24) is 4.98 Å². The van der Waals surface area contributed by atoms with E-state index in [1.165, 1.54) is 0 Å². The summed E-state index contributed by atoms with van der Waals surface area (Å²) in [5, 5.41) is 11.4. The average molecular weight is 259 g/mol. The Balaban J connectivity index is 2.28. The zero-order valence-corrected chi connectivity index (χ0v) is 12.0. The van der Waals surface area contributed by atoms with Gasteiger partial charge < -0.3 is 9.84 Å². The lowest BCUT2D eigenvalue weighted by Gasteiger charge is -2.26. The molecule has 1 heterocycles. The summed E-state index contributed by atoms with van der Waals surface area (Å²) in [4.78, 5) is 4.46. The maximum atomic E-state index is 10.3. The Hall–Kier alpha value is -1.45. The Kier molecular flexibility index (Phi) is 3.88. The molecule has 2 rings (SSSR count). The highest BCUT2D eigenvalue weighted by Crippen LogP contribution is 2.27. The van der Waals surface area contributed by atoms with Gasteiger partial charge in [0.1, 0.15) is 0 Å². The first-order valence-electron chi connectivity index (χ1n) is 6.52. The quantitative estimate of drug-likeness (QED) is 0.915. The number of rotatable bonds is 4. The number of ether oxygens (including phenoxy) is 1. The van der Waals surface area contributed by atoms with E-state index in [2.05, 4.69) is 4.98 Å². The van der Waals surface area contributed by atoms with Gasteiger partial charge in [-0.25, -0.2) is 0 Å². The van der Waals surface area contributed by atoms with Crippen LogP contribution in [0, 0.1) is 6.92 Å². The highest BCUT2D eigenvalue weighted by atomic mass is 16.5. The molecule has 3 nitrogen and oxygen atoms in total. The van der Waals surface area contributed by atoms with Gasteiger partial charge in [0.15, 0.2) is 0 Å². The molecule has 0 aliphatic rings. The zero-order chi connectivity index (χ0) is 14.0. The lowest BCUT2D eigenvalue weighted by atomic mass is 9.95. The van der Waals surface area contributed by atoms with Gasteiger partial charge in [-0.05, 0) is 44.5 Å². The lowest BCUT2D eigenvalue weighted by molar-refractivity contribution is -0.0200. The van der Waals surface area contributed by atoms with E-state index in [9.17, 15) is 5.11 Å². The third kappa shape index (κ3) is 3.31. The van der Waals surface area contributed by atoms with Crippen LogP contribution in [0.2, 0.25) is 0 Å². The summed E-state index contributed by atoms with van der Waals surface area (Å²) in [6.07, 6.45) is 0.0366. The standard InChI is InChI=1S/C16H21NO2/c1-11-5-6-12-9-13(7-8-14(12)17-11)15(18)10-16(2,3)19-4/h5-9,15,18H,10H2,1-4H3. The number of pyridine rings is 1. The fourth-order valence-corrected chi connectivity index (χ4v) is 2.12. The molecule has 1 aromatic carbocycles. The Bertz CT molecular complexity index is 578. The first kappa shape index (κ1) is 14.0. The number of methoxy groups -OCH3 is 1. The number of hydrogen-bond acceptors (Lipinski definition) is 3. The molecule has 1 aromatic heterocycles. The normalized spacial score (nSPS) is 13.7. The molecule has 1 N–H and O–H groups in total. The molecule has 1 atom stereocenters. The maximum absolute atomic E-state index is 10.3. The molecule has 0 fully saturated rings. The lowest BCUT2D eigenvalue weighted by Crippen LogP contribution is -2.25. The smallest absolute Gasteiger partial charge is 0.0817 e. The number of hydrogen-bond donors (Lipinski definition) is 1. The van der Waals surface area contributed by atoms with Gasteiger partial charge in [0.2, 0.25) is 0 Å². The second kappa shape index (κ2) is 5.27. The molecule has 0 spiro atoms. The van der Waals surface area contributed by atoms with Crippen LogP contribution in [0.25, 0.3) is 10.9 Å². The number of aliphatic hydroxyl groups excluding tert-OH is 1. The summed E-state index contributed by atoms with van der Waals surface area (Å²) in [5.41, 5.74) is 2.53. The SMILES string of the molecule is COC(C)(C)CC(O)c1ccc2nc(C)ccc2c1. The van der Waals surface area contributed by atoms with Gasteiger partial charge in [0.05, 0.1) is 17.2 Å². The summed E-state index contributed by atoms with van der Waals surface area (Å²) >= 11 is 0. The number of aliphatic hydroxyl groups is 1. The average Bonchev–Trinajstić information content (AvgIpc) is 2.37. The summed E-state index contributed by atoms with van der Waals surface area (Å²) < 4.78 is 5.36. The molecule has 0 amide bonds. The number of fused-ring (bicyclic) bond motifs is 1. The van der Waals surface area contributed by atoms with E-state index in [1.54, 1.807) is 7.11 Å². The van der Waals surface area contributed by atoms with E-state index in [0.717, 1.165) is 22.2 Å². The fraction of sp³-hybridized carbons (Fsp3) is 0.438. The third-order valence-electron chi connectivity index (χ3n) is 3.47. The third-order valence-corrected chi connectivity index (χ3v) is 3.47. The maximum Gasteiger partial charge on any atom is 0.0817 e. The van der Waals surface area contributed by atoms with Crippen LogP contribution < -0.4 is 0 Å². The van der Waals surface area contributed by atoms with Gasteiger partial charge >= 0.3 is 0 Å². The van der Waals surface area contributed by atoms with Crippen LogP contribution in [0.5, 0.6) is 0 Å². The van der Waals surface area contributed by atoms with Crippen molar-refractivity contribution in [2.75, 3.05) is 7.11 Å². The molecule has 0 aliphatic heterocycles. The van der Waals surface area contributed by atoms with E-state index in [-0.39, 0.29) is 5.60 Å². The molecule has 0 saturated heterocycles. The predicted molar refractivity (Wildman–Crippen MR) is 77.1 cm³/mol. The molecule has 0 radical (unpaired) electrons. The molecule has 19 heavy (non-hydrogen) atoms. The van der Waals surface area contributed by atoms with Crippen molar-refractivity contribution in [2.45, 2.75) is 38.9 Å². The largest absolute Gasteiger partial charge is 0.388 e. The Morgan fingerprint density at radius 2 is 2.00 bits per heavy atom. The highest BCUT2D eigenvalue weighted by molar-refractivity contribution is 5.79. The fourth-order valence-electron chi connectivity index (χ4n) is 2.12. The van der Waals surface area contributed by atoms with Gasteiger partial charge in [-0.15, -0.1) is 0 Å². The molecule has 0 bridgehead atoms. The molecule has 2 aromatic rings. The van der Waals surface area contributed by atoms with Crippen molar-refractivity contribution in [3.8, 4) is 0 Å². The van der Waals surface area contributed by atoms with Gasteiger partial charge in [-0.3, -0.25) is 4.98 Å². The molecule has 102 valence electrons. The van der Waals surface area contributed by atoms with Gasteiger partial charge in [0.25, 0.3) is 0 Å². The molecule has 0 aliphatic carbocycles. The van der Waals surface area contributed by atoms with E-state index in [4.69, 9.17) is 4.74 Å². The van der Waals surface area contributed by atoms with E-state index >= 15 is 0 Å². The molecular weight excluding hydrogens is 238 g/mol. The summed E-state index contributed by atoms with van der Waals surface area (Å²) in [5.74, 6) is 0. The highest BCUT2D eigenvalue weighted by Gasteiger charge is 2.22. The van der Waals surface area contributed by atoms with Crippen LogP contribution in [0.3, 0.4) is 0 Å². The Labute approximate surface area is 114 Å². The van der Waals surface area contributed by atoms with Crippen LogP contribution in [0.15, 0.2) is 30.3 Å². The van der Waals surface area contributed by atoms with Crippen LogP contribution in [-0.4, -0.2) is 22.8 Å². The second-order valence-corrected chi connectivity index (χ2v) is 5.59. The van der Waals surface area contributed by atoms with Gasteiger partial charge in [-0.2, -0.15) is 0 Å². The number of nitrogens with zero attached hydrogens (tertiary/aromatic N) is 1. The van der Waals surface area contributed by atoms with Crippen molar-refractivity contribution in [2.24, 2.45) is 0 Å². The molecule has 3 heteroatoms. The van der Waals surface area contributed by atoms with E-state index in [0.29, 0.717) is 6.42 Å². The molecule has 1 unspecified atom stereocenters. The second-order valence-electron chi connectivity index (χ2n) is 5.59. The van der Waals surface area contributed by atoms with E-state index < -0.39 is 6.10 Å². The summed E-state index contributed by atoms with van der Waals surface area (Å²) in [6.45, 7) is 5.92. The van der Waals surface area contributed by atoms with Crippen LogP contribution in [-0.2, 0) is 4.74 Å². The van der Waals surface area contributed by atoms with Crippen LogP contribution >= 0.6 is 0 Å². The van der Waals surface area contributed by atoms with Gasteiger partial charge in [0, 0.05) is 24.6 Å². The number of benzene rings is 1. The van der Waals surface area contributed by atoms with Crippen molar-refractivity contribution in [3.63, 3.8) is 0 Å². The Morgan fingerprint density at radius 3 is 2.68 bits per heavy atom. The van der Waals surface area contributed by atoms with Crippen molar-refractivity contribution in [3.05, 3.63) is 41.6 Å². The van der Waals surface area contributed by atoms with E-state index in [1.807, 2.05) is 51.1 Å². The van der Waals surface area contributed by atoms with Crippen LogP contribution in [0.4, 0.5) is 0 Å². The van der Waals surface area contributed by atoms with Crippen molar-refractivity contribution in [1.29, 1.82) is 0 Å². The topological polar surface area (TPSA) is 42.4 Å². The minimum absolute atomic E-state index is 0.333. The summed E-state index contributed by atoms with van der Waals surface area (Å²) in [7, 11) is 1.67. The number of aromatic nitrogens is 1. The van der Waals surface area contributed by atoms with Crippen molar-refractivity contribution < 1.29 is 9.84 Å². The summed E-state index contributed by atoms with van der Waals surface area (Å²) in [6, 6.07) is 9.91. The zero-order valence-electron chi connectivity index (χ0n) is 12.0. The van der Waals surface area contributed by atoms with Crippen LogP contribution in [0.1, 0.15) is 37.6 Å². The predicted octanol–water partition coefficient (Wildman–Crippen LogP) is 3.39. The minimum atomic E-state index is -0.527. The minimum Gasteiger partial charge on any atom is -0.388 e. The monoisotopic (exact) mass is 259 g/mol. The number of aryl methyl sites for hydroxylation is 1. The molecular formula is C16H21NO2. The first-order chi connectivity index (χ1) is 8.91. The Morgan fingerprint density at radius 1 is 1.26 bits per heavy atom. The van der Waals surface area contributed by atoms with Crippen molar-refractivity contribution >= 4 is 10.9 Å². The van der Waals surface area contributed by atoms with Gasteiger partial charge in [-0.1, -0.05) is 12.1 Å². The molecule has 0 saturated carbocycles. The first-order valence-corrected chi connectivity index (χ1v) is 6.52.